The average molecular weight is 443 g/mol. The number of aryl methyl sites for hydroxylation is 2. The lowest BCUT2D eigenvalue weighted by molar-refractivity contribution is -0.117. The van der Waals surface area contributed by atoms with E-state index in [2.05, 4.69) is 10.3 Å². The van der Waals surface area contributed by atoms with Gasteiger partial charge in [0.05, 0.1) is 0 Å². The molecular weight excluding hydrogens is 416 g/mol. The number of nitrogens with zero attached hydrogens (tertiary/aromatic N) is 3. The zero-order valence-corrected chi connectivity index (χ0v) is 18.8. The summed E-state index contributed by atoms with van der Waals surface area (Å²) in [5.41, 5.74) is 1.89. The summed E-state index contributed by atoms with van der Waals surface area (Å²) in [4.78, 5) is 30.6. The number of benzene rings is 1. The molecule has 0 spiro atoms. The topological polar surface area (TPSA) is 96.5 Å². The third-order valence-electron chi connectivity index (χ3n) is 5.74. The molecule has 0 bridgehead atoms. The van der Waals surface area contributed by atoms with Gasteiger partial charge in [-0.25, -0.2) is 0 Å². The van der Waals surface area contributed by atoms with Crippen molar-refractivity contribution in [2.45, 2.75) is 52.0 Å². The number of nitriles is 1. The van der Waals surface area contributed by atoms with Crippen molar-refractivity contribution in [3.63, 3.8) is 0 Å². The highest BCUT2D eigenvalue weighted by Gasteiger charge is 2.20. The lowest BCUT2D eigenvalue weighted by Crippen LogP contribution is -2.36. The Morgan fingerprint density at radius 3 is 2.61 bits per heavy atom. The zero-order valence-electron chi connectivity index (χ0n) is 18.8. The van der Waals surface area contributed by atoms with Gasteiger partial charge in [-0.1, -0.05) is 31.4 Å². The molecule has 2 heterocycles. The van der Waals surface area contributed by atoms with Crippen LogP contribution < -0.4 is 15.6 Å². The van der Waals surface area contributed by atoms with Gasteiger partial charge in [-0.2, -0.15) is 10.2 Å². The second-order valence-corrected chi connectivity index (χ2v) is 8.47. The van der Waals surface area contributed by atoms with Crippen molar-refractivity contribution in [1.82, 2.24) is 14.7 Å². The summed E-state index contributed by atoms with van der Waals surface area (Å²) in [7, 11) is 0. The second kappa shape index (κ2) is 9.70. The van der Waals surface area contributed by atoms with Crippen LogP contribution in [0.15, 0.2) is 53.0 Å². The molecule has 1 aliphatic carbocycles. The van der Waals surface area contributed by atoms with Crippen molar-refractivity contribution in [2.75, 3.05) is 0 Å². The van der Waals surface area contributed by atoms with Crippen LogP contribution in [0.2, 0.25) is 0 Å². The van der Waals surface area contributed by atoms with Gasteiger partial charge < -0.3 is 10.1 Å². The largest absolute Gasteiger partial charge is 0.438 e. The van der Waals surface area contributed by atoms with Gasteiger partial charge in [0, 0.05) is 12.2 Å². The van der Waals surface area contributed by atoms with Crippen LogP contribution in [0, 0.1) is 25.2 Å². The molecule has 1 N–H and O–H groups in total. The fourth-order valence-corrected chi connectivity index (χ4v) is 4.19. The van der Waals surface area contributed by atoms with Crippen molar-refractivity contribution in [3.05, 3.63) is 75.2 Å². The molecule has 2 aromatic heterocycles. The van der Waals surface area contributed by atoms with Crippen LogP contribution in [0.5, 0.6) is 11.6 Å². The molecule has 0 atom stereocenters. The average Bonchev–Trinajstić information content (AvgIpc) is 2.79. The van der Waals surface area contributed by atoms with Crippen molar-refractivity contribution in [1.29, 1.82) is 5.26 Å². The summed E-state index contributed by atoms with van der Waals surface area (Å²) in [5, 5.41) is 12.6. The number of pyridine rings is 1. The van der Waals surface area contributed by atoms with E-state index < -0.39 is 11.5 Å². The highest BCUT2D eigenvalue weighted by atomic mass is 16.5. The quantitative estimate of drug-likeness (QED) is 0.465. The van der Waals surface area contributed by atoms with Crippen molar-refractivity contribution in [2.24, 2.45) is 0 Å². The van der Waals surface area contributed by atoms with Gasteiger partial charge in [0.2, 0.25) is 5.88 Å². The molecule has 1 saturated carbocycles. The van der Waals surface area contributed by atoms with Crippen LogP contribution in [0.1, 0.15) is 48.8 Å². The number of carbonyl (C=O) groups excluding carboxylic acids is 1. The number of fused-ring (bicyclic) bond motifs is 1. The summed E-state index contributed by atoms with van der Waals surface area (Å²) in [6.45, 7) is 3.90. The fourth-order valence-electron chi connectivity index (χ4n) is 4.19. The van der Waals surface area contributed by atoms with E-state index in [0.717, 1.165) is 43.2 Å². The molecule has 0 aliphatic heterocycles. The fraction of sp³-hybridized carbons (Fsp3) is 0.308. The predicted molar refractivity (Wildman–Crippen MR) is 126 cm³/mol. The Bertz CT molecular complexity index is 1310. The first-order valence-corrected chi connectivity index (χ1v) is 11.1. The Morgan fingerprint density at radius 2 is 1.91 bits per heavy atom. The summed E-state index contributed by atoms with van der Waals surface area (Å²) in [6.07, 6.45) is 7.94. The first-order chi connectivity index (χ1) is 15.9. The smallest absolute Gasteiger partial charge is 0.269 e. The van der Waals surface area contributed by atoms with Crippen LogP contribution in [-0.4, -0.2) is 21.3 Å². The summed E-state index contributed by atoms with van der Waals surface area (Å²) < 4.78 is 7.39. The number of amides is 1. The van der Waals surface area contributed by atoms with E-state index in [1.54, 1.807) is 24.4 Å². The lowest BCUT2D eigenvalue weighted by Gasteiger charge is -2.22. The maximum atomic E-state index is 13.3. The van der Waals surface area contributed by atoms with Crippen molar-refractivity contribution in [3.8, 4) is 17.7 Å². The van der Waals surface area contributed by atoms with Gasteiger partial charge in [-0.05, 0) is 68.2 Å². The zero-order chi connectivity index (χ0) is 23.4. The van der Waals surface area contributed by atoms with Gasteiger partial charge in [0.15, 0.2) is 0 Å². The Kier molecular flexibility index (Phi) is 6.55. The molecule has 7 heteroatoms. The minimum Gasteiger partial charge on any atom is -0.438 e. The Balaban J connectivity index is 1.77. The van der Waals surface area contributed by atoms with Crippen LogP contribution in [0.3, 0.4) is 0 Å². The molecule has 0 radical (unpaired) electrons. The number of ether oxygens (including phenoxy) is 1. The maximum absolute atomic E-state index is 13.3. The molecule has 3 aromatic rings. The molecule has 33 heavy (non-hydrogen) atoms. The van der Waals surface area contributed by atoms with E-state index in [4.69, 9.17) is 4.74 Å². The minimum atomic E-state index is -0.487. The molecule has 1 fully saturated rings. The van der Waals surface area contributed by atoms with Crippen LogP contribution in [0.4, 0.5) is 0 Å². The first-order valence-electron chi connectivity index (χ1n) is 11.1. The van der Waals surface area contributed by atoms with E-state index in [-0.39, 0.29) is 23.1 Å². The number of nitrogens with one attached hydrogen (secondary N) is 1. The van der Waals surface area contributed by atoms with Gasteiger partial charge in [-0.15, -0.1) is 0 Å². The molecule has 1 aromatic carbocycles. The van der Waals surface area contributed by atoms with Gasteiger partial charge in [-0.3, -0.25) is 14.0 Å². The monoisotopic (exact) mass is 442 g/mol. The second-order valence-electron chi connectivity index (χ2n) is 8.47. The highest BCUT2D eigenvalue weighted by molar-refractivity contribution is 6.02. The van der Waals surface area contributed by atoms with E-state index in [9.17, 15) is 14.9 Å². The molecule has 1 aliphatic rings. The van der Waals surface area contributed by atoms with Crippen molar-refractivity contribution < 1.29 is 9.53 Å². The van der Waals surface area contributed by atoms with E-state index in [0.29, 0.717) is 11.4 Å². The Hall–Kier alpha value is -3.92. The first kappa shape index (κ1) is 22.3. The lowest BCUT2D eigenvalue weighted by atomic mass is 9.95. The number of aromatic nitrogens is 2. The van der Waals surface area contributed by atoms with Crippen LogP contribution >= 0.6 is 0 Å². The van der Waals surface area contributed by atoms with Crippen LogP contribution in [-0.2, 0) is 4.79 Å². The van der Waals surface area contributed by atoms with Crippen molar-refractivity contribution >= 4 is 17.6 Å². The molecular formula is C26H26N4O3. The molecule has 7 nitrogen and oxygen atoms in total. The molecule has 0 unspecified atom stereocenters. The Labute approximate surface area is 192 Å². The molecule has 168 valence electrons. The number of hydrogen-bond donors (Lipinski definition) is 1. The highest BCUT2D eigenvalue weighted by Crippen LogP contribution is 2.26. The third-order valence-corrected chi connectivity index (χ3v) is 5.74. The maximum Gasteiger partial charge on any atom is 0.269 e. The standard InChI is InChI=1S/C26H26N4O3/c1-17-12-18(2)14-21(13-17)33-25-22(26(32)30-11-7-6-10-23(30)29-25)15-19(16-27)24(31)28-20-8-4-3-5-9-20/h6-7,10-15,20H,3-5,8-9H2,1-2H3,(H,28,31). The predicted octanol–water partition coefficient (Wildman–Crippen LogP) is 4.46. The summed E-state index contributed by atoms with van der Waals surface area (Å²) in [6, 6.07) is 12.9. The van der Waals surface area contributed by atoms with E-state index >= 15 is 0 Å². The summed E-state index contributed by atoms with van der Waals surface area (Å²) in [5.74, 6) is 0.0909. The Morgan fingerprint density at radius 1 is 1.18 bits per heavy atom. The number of hydrogen-bond acceptors (Lipinski definition) is 5. The molecule has 4 rings (SSSR count). The normalized spacial score (nSPS) is 14.6. The molecule has 0 saturated heterocycles. The van der Waals surface area contributed by atoms with E-state index in [1.807, 2.05) is 38.1 Å². The van der Waals surface area contributed by atoms with E-state index in [1.165, 1.54) is 10.5 Å². The van der Waals surface area contributed by atoms with Crippen LogP contribution in [0.25, 0.3) is 11.7 Å². The van der Waals surface area contributed by atoms with Gasteiger partial charge in [0.25, 0.3) is 11.5 Å². The molecule has 1 amide bonds. The van der Waals surface area contributed by atoms with Gasteiger partial charge in [0.1, 0.15) is 28.6 Å². The SMILES string of the molecule is Cc1cc(C)cc(Oc2nc3ccccn3c(=O)c2C=C(C#N)C(=O)NC2CCCCC2)c1. The number of rotatable bonds is 5. The minimum absolute atomic E-state index is 0.0461. The summed E-state index contributed by atoms with van der Waals surface area (Å²) >= 11 is 0. The third kappa shape index (κ3) is 5.12. The number of carbonyl (C=O) groups is 1. The van der Waals surface area contributed by atoms with Gasteiger partial charge >= 0.3 is 0 Å².